The molecule has 0 bridgehead atoms. The maximum absolute atomic E-state index is 13.0. The number of nitrogens with zero attached hydrogens (tertiary/aromatic N) is 1. The van der Waals surface area contributed by atoms with Crippen LogP contribution in [0, 0.1) is 5.92 Å². The Balaban J connectivity index is 2.22. The molecule has 152 valence electrons. The molecular formula is C22H29NO4S. The third-order valence-corrected chi connectivity index (χ3v) is 5.48. The van der Waals surface area contributed by atoms with Crippen LogP contribution in [0.2, 0.25) is 0 Å². The van der Waals surface area contributed by atoms with E-state index in [0.29, 0.717) is 24.6 Å². The van der Waals surface area contributed by atoms with E-state index >= 15 is 0 Å². The van der Waals surface area contributed by atoms with Crippen LogP contribution in [0.25, 0.3) is 0 Å². The molecule has 0 aromatic heterocycles. The molecule has 0 unspecified atom stereocenters. The second kappa shape index (κ2) is 9.73. The van der Waals surface area contributed by atoms with Gasteiger partial charge >= 0.3 is 10.1 Å². The second-order valence-electron chi connectivity index (χ2n) is 7.21. The lowest BCUT2D eigenvalue weighted by Gasteiger charge is -2.25. The van der Waals surface area contributed by atoms with Gasteiger partial charge in [0.2, 0.25) is 0 Å². The van der Waals surface area contributed by atoms with Crippen molar-refractivity contribution in [3.05, 3.63) is 65.2 Å². The summed E-state index contributed by atoms with van der Waals surface area (Å²) in [6.07, 6.45) is 0.928. The zero-order chi connectivity index (χ0) is 20.7. The van der Waals surface area contributed by atoms with Gasteiger partial charge in [0.25, 0.3) is 5.91 Å². The molecule has 0 spiro atoms. The molecule has 2 aromatic rings. The summed E-state index contributed by atoms with van der Waals surface area (Å²) in [6, 6.07) is 14.6. The minimum absolute atomic E-state index is 0.0381. The molecule has 0 fully saturated rings. The second-order valence-corrected chi connectivity index (χ2v) is 9.07. The number of hydrogen-bond donors (Lipinski definition) is 0. The first-order chi connectivity index (χ1) is 13.2. The van der Waals surface area contributed by atoms with Crippen molar-refractivity contribution in [3.63, 3.8) is 0 Å². The first-order valence-electron chi connectivity index (χ1n) is 9.63. The minimum atomic E-state index is -3.58. The van der Waals surface area contributed by atoms with E-state index in [4.69, 9.17) is 4.18 Å². The fourth-order valence-corrected chi connectivity index (χ4v) is 3.36. The largest absolute Gasteiger partial charge is 0.382 e. The molecule has 0 aliphatic rings. The minimum Gasteiger partial charge on any atom is -0.382 e. The van der Waals surface area contributed by atoms with Gasteiger partial charge < -0.3 is 9.08 Å². The van der Waals surface area contributed by atoms with Crippen LogP contribution < -0.4 is 4.18 Å². The van der Waals surface area contributed by atoms with Crippen molar-refractivity contribution in [2.75, 3.05) is 12.3 Å². The predicted molar refractivity (Wildman–Crippen MR) is 112 cm³/mol. The standard InChI is InChI=1S/C22H29NO4S/c1-5-18-10-12-20(13-11-18)22(24)23(15-17(3)4)16-19-8-7-9-21(14-19)27-28(25,26)6-2/h7-14,17H,5-6,15-16H2,1-4H3. The summed E-state index contributed by atoms with van der Waals surface area (Å²) >= 11 is 0. The van der Waals surface area contributed by atoms with Gasteiger partial charge in [-0.15, -0.1) is 0 Å². The zero-order valence-electron chi connectivity index (χ0n) is 17.0. The highest BCUT2D eigenvalue weighted by molar-refractivity contribution is 7.87. The van der Waals surface area contributed by atoms with E-state index in [-0.39, 0.29) is 17.4 Å². The number of rotatable bonds is 9. The number of amides is 1. The Morgan fingerprint density at radius 2 is 1.71 bits per heavy atom. The Bertz CT molecular complexity index is 889. The lowest BCUT2D eigenvalue weighted by Crippen LogP contribution is -2.33. The van der Waals surface area contributed by atoms with Gasteiger partial charge in [-0.25, -0.2) is 0 Å². The van der Waals surface area contributed by atoms with Crippen molar-refractivity contribution in [1.82, 2.24) is 4.90 Å². The van der Waals surface area contributed by atoms with Crippen LogP contribution in [0.1, 0.15) is 49.2 Å². The molecule has 6 heteroatoms. The fraction of sp³-hybridized carbons (Fsp3) is 0.409. The molecule has 2 aromatic carbocycles. The average Bonchev–Trinajstić information content (AvgIpc) is 2.66. The first-order valence-corrected chi connectivity index (χ1v) is 11.2. The van der Waals surface area contributed by atoms with Gasteiger partial charge in [0.15, 0.2) is 0 Å². The molecule has 1 amide bonds. The molecule has 0 aliphatic carbocycles. The summed E-state index contributed by atoms with van der Waals surface area (Å²) in [6.45, 7) is 8.73. The van der Waals surface area contributed by atoms with Crippen molar-refractivity contribution in [1.29, 1.82) is 0 Å². The summed E-state index contributed by atoms with van der Waals surface area (Å²) in [4.78, 5) is 14.8. The molecule has 0 aliphatic heterocycles. The normalized spacial score (nSPS) is 11.5. The smallest absolute Gasteiger partial charge is 0.308 e. The van der Waals surface area contributed by atoms with Gasteiger partial charge in [-0.1, -0.05) is 45.0 Å². The summed E-state index contributed by atoms with van der Waals surface area (Å²) in [5.41, 5.74) is 2.66. The monoisotopic (exact) mass is 403 g/mol. The molecule has 0 N–H and O–H groups in total. The molecule has 5 nitrogen and oxygen atoms in total. The van der Waals surface area contributed by atoms with Gasteiger partial charge in [0.1, 0.15) is 5.75 Å². The van der Waals surface area contributed by atoms with Crippen molar-refractivity contribution < 1.29 is 17.4 Å². The Morgan fingerprint density at radius 1 is 1.04 bits per heavy atom. The quantitative estimate of drug-likeness (QED) is 0.587. The maximum atomic E-state index is 13.0. The summed E-state index contributed by atoms with van der Waals surface area (Å²) in [5, 5.41) is 0. The van der Waals surface area contributed by atoms with Gasteiger partial charge in [-0.3, -0.25) is 4.79 Å². The van der Waals surface area contributed by atoms with Crippen LogP contribution in [0.5, 0.6) is 5.75 Å². The van der Waals surface area contributed by atoms with E-state index in [1.165, 1.54) is 12.5 Å². The topological polar surface area (TPSA) is 63.7 Å². The highest BCUT2D eigenvalue weighted by Crippen LogP contribution is 2.19. The number of carbonyl (C=O) groups is 1. The summed E-state index contributed by atoms with van der Waals surface area (Å²) < 4.78 is 28.5. The molecule has 28 heavy (non-hydrogen) atoms. The Hall–Kier alpha value is -2.34. The molecular weight excluding hydrogens is 374 g/mol. The van der Waals surface area contributed by atoms with Crippen molar-refractivity contribution in [2.45, 2.75) is 40.7 Å². The van der Waals surface area contributed by atoms with Crippen molar-refractivity contribution >= 4 is 16.0 Å². The van der Waals surface area contributed by atoms with E-state index in [9.17, 15) is 13.2 Å². The molecule has 0 saturated carbocycles. The fourth-order valence-electron chi connectivity index (χ4n) is 2.85. The van der Waals surface area contributed by atoms with Gasteiger partial charge in [0.05, 0.1) is 5.75 Å². The molecule has 0 radical (unpaired) electrons. The zero-order valence-corrected chi connectivity index (χ0v) is 17.8. The van der Waals surface area contributed by atoms with Crippen LogP contribution >= 0.6 is 0 Å². The highest BCUT2D eigenvalue weighted by Gasteiger charge is 2.18. The summed E-state index contributed by atoms with van der Waals surface area (Å²) in [7, 11) is -3.58. The van der Waals surface area contributed by atoms with Crippen molar-refractivity contribution in [2.24, 2.45) is 5.92 Å². The van der Waals surface area contributed by atoms with Crippen LogP contribution in [0.15, 0.2) is 48.5 Å². The molecule has 2 rings (SSSR count). The van der Waals surface area contributed by atoms with Crippen LogP contribution in [-0.2, 0) is 23.1 Å². The van der Waals surface area contributed by atoms with Crippen molar-refractivity contribution in [3.8, 4) is 5.75 Å². The third-order valence-electron chi connectivity index (χ3n) is 4.33. The van der Waals surface area contributed by atoms with Crippen LogP contribution in [0.3, 0.4) is 0 Å². The number of benzene rings is 2. The highest BCUT2D eigenvalue weighted by atomic mass is 32.2. The Morgan fingerprint density at radius 3 is 2.29 bits per heavy atom. The maximum Gasteiger partial charge on any atom is 0.308 e. The first kappa shape index (κ1) is 22.0. The van der Waals surface area contributed by atoms with Crippen LogP contribution in [-0.4, -0.2) is 31.5 Å². The Kier molecular flexibility index (Phi) is 7.63. The number of hydrogen-bond acceptors (Lipinski definition) is 4. The third kappa shape index (κ3) is 6.37. The van der Waals surface area contributed by atoms with Gasteiger partial charge in [-0.2, -0.15) is 8.42 Å². The van der Waals surface area contributed by atoms with Crippen LogP contribution in [0.4, 0.5) is 0 Å². The van der Waals surface area contributed by atoms with E-state index in [0.717, 1.165) is 12.0 Å². The lowest BCUT2D eigenvalue weighted by molar-refractivity contribution is 0.0722. The van der Waals surface area contributed by atoms with Gasteiger partial charge in [0, 0.05) is 18.7 Å². The van der Waals surface area contributed by atoms with Gasteiger partial charge in [-0.05, 0) is 54.7 Å². The molecule has 0 heterocycles. The number of carbonyl (C=O) groups excluding carboxylic acids is 1. The predicted octanol–water partition coefficient (Wildman–Crippen LogP) is 4.28. The number of aryl methyl sites for hydroxylation is 1. The Labute approximate surface area is 168 Å². The molecule has 0 saturated heterocycles. The van der Waals surface area contributed by atoms with E-state index in [2.05, 4.69) is 20.8 Å². The molecule has 0 atom stereocenters. The van der Waals surface area contributed by atoms with E-state index in [1.807, 2.05) is 30.3 Å². The summed E-state index contributed by atoms with van der Waals surface area (Å²) in [5.74, 6) is 0.439. The average molecular weight is 404 g/mol. The SMILES string of the molecule is CCc1ccc(C(=O)N(Cc2cccc(OS(=O)(=O)CC)c2)CC(C)C)cc1. The van der Waals surface area contributed by atoms with E-state index in [1.54, 1.807) is 23.1 Å². The lowest BCUT2D eigenvalue weighted by atomic mass is 10.1. The van der Waals surface area contributed by atoms with E-state index < -0.39 is 10.1 Å².